The summed E-state index contributed by atoms with van der Waals surface area (Å²) < 4.78 is 15.8. The lowest BCUT2D eigenvalue weighted by molar-refractivity contribution is -0.137. The Kier molecular flexibility index (Phi) is 6.64. The van der Waals surface area contributed by atoms with Crippen molar-refractivity contribution in [2.75, 3.05) is 20.8 Å². The number of rotatable bonds is 5. The van der Waals surface area contributed by atoms with E-state index in [9.17, 15) is 4.79 Å². The average Bonchev–Trinajstić information content (AvgIpc) is 3.34. The molecule has 2 aromatic carbocycles. The molecule has 1 heterocycles. The van der Waals surface area contributed by atoms with Gasteiger partial charge in [-0.2, -0.15) is 0 Å². The number of carbonyl (C=O) groups is 1. The monoisotopic (exact) mass is 399 g/mol. The van der Waals surface area contributed by atoms with Crippen molar-refractivity contribution < 1.29 is 24.1 Å². The first-order valence-corrected chi connectivity index (χ1v) is 9.91. The molecule has 4 rings (SSSR count). The van der Waals surface area contributed by atoms with Gasteiger partial charge in [0.05, 0.1) is 27.2 Å². The molecular formula is C23H29NO5. The topological polar surface area (TPSA) is 91.0 Å². The number of aryl methyl sites for hydroxylation is 1. The second-order valence-corrected chi connectivity index (χ2v) is 7.45. The summed E-state index contributed by atoms with van der Waals surface area (Å²) in [6.45, 7) is 2.67. The van der Waals surface area contributed by atoms with Gasteiger partial charge in [-0.1, -0.05) is 12.1 Å². The second-order valence-electron chi connectivity index (χ2n) is 7.45. The molecule has 0 aromatic heterocycles. The summed E-state index contributed by atoms with van der Waals surface area (Å²) in [6.07, 6.45) is 3.18. The number of carboxylic acid groups (broad SMARTS) is 1. The molecule has 2 aliphatic rings. The third-order valence-corrected chi connectivity index (χ3v) is 5.54. The number of methoxy groups -OCH3 is 2. The highest BCUT2D eigenvalue weighted by Gasteiger charge is 2.30. The molecule has 3 N–H and O–H groups in total. The zero-order valence-electron chi connectivity index (χ0n) is 17.2. The molecule has 6 heteroatoms. The van der Waals surface area contributed by atoms with Crippen molar-refractivity contribution in [1.29, 1.82) is 0 Å². The molecule has 29 heavy (non-hydrogen) atoms. The van der Waals surface area contributed by atoms with Gasteiger partial charge >= 0.3 is 5.97 Å². The summed E-state index contributed by atoms with van der Waals surface area (Å²) in [6, 6.07) is 9.83. The van der Waals surface area contributed by atoms with E-state index in [4.69, 9.17) is 25.1 Å². The van der Waals surface area contributed by atoms with Crippen LogP contribution in [0.2, 0.25) is 0 Å². The number of carboxylic acids is 1. The van der Waals surface area contributed by atoms with Crippen LogP contribution in [0, 0.1) is 0 Å². The van der Waals surface area contributed by atoms with Gasteiger partial charge in [0.2, 0.25) is 0 Å². The number of aliphatic carboxylic acids is 1. The molecule has 0 radical (unpaired) electrons. The van der Waals surface area contributed by atoms with Gasteiger partial charge in [0.15, 0.2) is 11.5 Å². The van der Waals surface area contributed by atoms with Crippen molar-refractivity contribution in [3.63, 3.8) is 0 Å². The van der Waals surface area contributed by atoms with Crippen LogP contribution in [0.25, 0.3) is 0 Å². The molecule has 6 nitrogen and oxygen atoms in total. The van der Waals surface area contributed by atoms with Crippen molar-refractivity contribution in [2.24, 2.45) is 5.73 Å². The van der Waals surface area contributed by atoms with E-state index in [2.05, 4.69) is 6.07 Å². The molecular weight excluding hydrogens is 370 g/mol. The summed E-state index contributed by atoms with van der Waals surface area (Å²) in [7, 11) is 3.23. The van der Waals surface area contributed by atoms with Gasteiger partial charge in [0, 0.05) is 18.0 Å². The average molecular weight is 399 g/mol. The van der Waals surface area contributed by atoms with E-state index in [1.807, 2.05) is 31.2 Å². The number of hydrogen-bond acceptors (Lipinski definition) is 5. The minimum absolute atomic E-state index is 0.0137. The third-order valence-electron chi connectivity index (χ3n) is 5.54. The van der Waals surface area contributed by atoms with Crippen molar-refractivity contribution in [2.45, 2.75) is 44.6 Å². The highest BCUT2D eigenvalue weighted by molar-refractivity contribution is 5.69. The van der Waals surface area contributed by atoms with Crippen LogP contribution in [0.3, 0.4) is 0 Å². The van der Waals surface area contributed by atoms with Crippen LogP contribution in [0.4, 0.5) is 0 Å². The van der Waals surface area contributed by atoms with Crippen molar-refractivity contribution in [3.05, 3.63) is 52.6 Å². The fourth-order valence-corrected chi connectivity index (χ4v) is 4.10. The zero-order valence-corrected chi connectivity index (χ0v) is 17.2. The predicted molar refractivity (Wildman–Crippen MR) is 111 cm³/mol. The molecule has 2 atom stereocenters. The number of benzene rings is 2. The van der Waals surface area contributed by atoms with Crippen LogP contribution in [0.5, 0.6) is 17.2 Å². The number of fused-ring (bicyclic) bond motifs is 3. The maximum Gasteiger partial charge on any atom is 0.303 e. The van der Waals surface area contributed by atoms with Crippen LogP contribution in [0.15, 0.2) is 30.3 Å². The zero-order chi connectivity index (χ0) is 21.0. The molecule has 2 aromatic rings. The van der Waals surface area contributed by atoms with Gasteiger partial charge < -0.3 is 25.1 Å². The SMILES string of the molecule is COc1ccc([C@@H](C)N)cc1OC.O=C(O)C[C@H]1CCc2ccc3c(c21)CCO3. The Morgan fingerprint density at radius 3 is 2.62 bits per heavy atom. The fourth-order valence-electron chi connectivity index (χ4n) is 4.10. The van der Waals surface area contributed by atoms with Gasteiger partial charge in [-0.25, -0.2) is 0 Å². The molecule has 0 fully saturated rings. The maximum atomic E-state index is 10.8. The highest BCUT2D eigenvalue weighted by atomic mass is 16.5. The summed E-state index contributed by atoms with van der Waals surface area (Å²) in [5.41, 5.74) is 10.6. The first-order valence-electron chi connectivity index (χ1n) is 9.91. The van der Waals surface area contributed by atoms with E-state index in [0.29, 0.717) is 0 Å². The molecule has 0 amide bonds. The summed E-state index contributed by atoms with van der Waals surface area (Å²) in [5.74, 6) is 1.92. The van der Waals surface area contributed by atoms with Crippen LogP contribution >= 0.6 is 0 Å². The summed E-state index contributed by atoms with van der Waals surface area (Å²) in [4.78, 5) is 10.8. The Bertz CT molecular complexity index is 878. The second kappa shape index (κ2) is 9.18. The van der Waals surface area contributed by atoms with Crippen LogP contribution in [-0.4, -0.2) is 31.9 Å². The Hall–Kier alpha value is -2.73. The van der Waals surface area contributed by atoms with E-state index in [0.717, 1.165) is 48.7 Å². The number of hydrogen-bond donors (Lipinski definition) is 2. The fraction of sp³-hybridized carbons (Fsp3) is 0.435. The summed E-state index contributed by atoms with van der Waals surface area (Å²) in [5, 5.41) is 8.92. The largest absolute Gasteiger partial charge is 0.493 e. The molecule has 156 valence electrons. The van der Waals surface area contributed by atoms with Crippen molar-refractivity contribution >= 4 is 5.97 Å². The maximum absolute atomic E-state index is 10.8. The quantitative estimate of drug-likeness (QED) is 0.794. The molecule has 0 unspecified atom stereocenters. The van der Waals surface area contributed by atoms with Gasteiger partial charge in [0.1, 0.15) is 5.75 Å². The van der Waals surface area contributed by atoms with Gasteiger partial charge in [-0.3, -0.25) is 4.79 Å². The predicted octanol–water partition coefficient (Wildman–Crippen LogP) is 3.85. The lowest BCUT2D eigenvalue weighted by Crippen LogP contribution is -2.05. The molecule has 0 spiro atoms. The molecule has 0 bridgehead atoms. The Labute approximate surface area is 171 Å². The van der Waals surface area contributed by atoms with E-state index in [-0.39, 0.29) is 18.4 Å². The minimum Gasteiger partial charge on any atom is -0.493 e. The minimum atomic E-state index is -0.700. The van der Waals surface area contributed by atoms with Crippen LogP contribution < -0.4 is 19.9 Å². The van der Waals surface area contributed by atoms with Crippen molar-refractivity contribution in [3.8, 4) is 17.2 Å². The molecule has 1 aliphatic carbocycles. The third kappa shape index (κ3) is 4.65. The highest BCUT2D eigenvalue weighted by Crippen LogP contribution is 2.43. The Balaban J connectivity index is 0.000000170. The standard InChI is InChI=1S/C13H14O3.C10H15NO2/c14-12(15)7-9-2-1-8-3-4-11-10(13(8)9)5-6-16-11;1-7(11)8-4-5-9(12-2)10(6-8)13-3/h3-4,9H,1-2,5-7H2,(H,14,15);4-7H,11H2,1-3H3/t9-;7-/m11/s1. The first kappa shape index (κ1) is 21.0. The van der Waals surface area contributed by atoms with E-state index < -0.39 is 5.97 Å². The van der Waals surface area contributed by atoms with Gasteiger partial charge in [-0.05, 0) is 60.6 Å². The van der Waals surface area contributed by atoms with Gasteiger partial charge in [0.25, 0.3) is 0 Å². The molecule has 0 saturated carbocycles. The number of ether oxygens (including phenoxy) is 3. The lowest BCUT2D eigenvalue weighted by atomic mass is 9.92. The Morgan fingerprint density at radius 2 is 1.97 bits per heavy atom. The normalized spacial score (nSPS) is 17.3. The van der Waals surface area contributed by atoms with E-state index in [1.165, 1.54) is 16.7 Å². The van der Waals surface area contributed by atoms with Crippen LogP contribution in [0.1, 0.15) is 54.0 Å². The Morgan fingerprint density at radius 1 is 1.21 bits per heavy atom. The van der Waals surface area contributed by atoms with Crippen LogP contribution in [-0.2, 0) is 17.6 Å². The smallest absolute Gasteiger partial charge is 0.303 e. The van der Waals surface area contributed by atoms with E-state index >= 15 is 0 Å². The van der Waals surface area contributed by atoms with Crippen molar-refractivity contribution in [1.82, 2.24) is 0 Å². The molecule has 0 saturated heterocycles. The lowest BCUT2D eigenvalue weighted by Gasteiger charge is -2.12. The summed E-state index contributed by atoms with van der Waals surface area (Å²) >= 11 is 0. The van der Waals surface area contributed by atoms with E-state index in [1.54, 1.807) is 14.2 Å². The van der Waals surface area contributed by atoms with Gasteiger partial charge in [-0.15, -0.1) is 0 Å². The first-order chi connectivity index (χ1) is 13.9. The molecule has 1 aliphatic heterocycles. The number of nitrogens with two attached hydrogens (primary N) is 1.